The molecular formula is C17H17N5O. The number of hydrogen-bond acceptors (Lipinski definition) is 3. The SMILES string of the molecule is Cc1ccccc1-n1nccc1NC(=O)NCc1ccccn1. The molecule has 0 aliphatic carbocycles. The van der Waals surface area contributed by atoms with Crippen molar-refractivity contribution in [2.24, 2.45) is 0 Å². The normalized spacial score (nSPS) is 10.3. The molecule has 0 bridgehead atoms. The summed E-state index contributed by atoms with van der Waals surface area (Å²) in [6.45, 7) is 2.37. The molecule has 0 unspecified atom stereocenters. The standard InChI is InChI=1S/C17H17N5O/c1-13-6-2-3-8-15(13)22-16(9-11-20-22)21-17(23)19-12-14-7-4-5-10-18-14/h2-11H,12H2,1H3,(H2,19,21,23). The van der Waals surface area contributed by atoms with E-state index in [4.69, 9.17) is 0 Å². The summed E-state index contributed by atoms with van der Waals surface area (Å²) in [7, 11) is 0. The lowest BCUT2D eigenvalue weighted by atomic mass is 10.2. The number of anilines is 1. The molecule has 0 fully saturated rings. The van der Waals surface area contributed by atoms with Crippen LogP contribution in [0.2, 0.25) is 0 Å². The number of carbonyl (C=O) groups excluding carboxylic acids is 1. The Morgan fingerprint density at radius 3 is 2.70 bits per heavy atom. The molecule has 0 atom stereocenters. The maximum Gasteiger partial charge on any atom is 0.320 e. The van der Waals surface area contributed by atoms with Gasteiger partial charge in [-0.2, -0.15) is 5.10 Å². The van der Waals surface area contributed by atoms with Crippen molar-refractivity contribution in [2.75, 3.05) is 5.32 Å². The van der Waals surface area contributed by atoms with Crippen molar-refractivity contribution in [3.05, 3.63) is 72.2 Å². The maximum absolute atomic E-state index is 12.1. The second kappa shape index (κ2) is 6.74. The molecule has 6 heteroatoms. The van der Waals surface area contributed by atoms with Crippen molar-refractivity contribution >= 4 is 11.8 Å². The number of carbonyl (C=O) groups is 1. The van der Waals surface area contributed by atoms with E-state index >= 15 is 0 Å². The average Bonchev–Trinajstić information content (AvgIpc) is 3.02. The van der Waals surface area contributed by atoms with Crippen molar-refractivity contribution in [3.63, 3.8) is 0 Å². The number of urea groups is 1. The summed E-state index contributed by atoms with van der Waals surface area (Å²) in [6.07, 6.45) is 3.35. The fraction of sp³-hybridized carbons (Fsp3) is 0.118. The van der Waals surface area contributed by atoms with Crippen LogP contribution >= 0.6 is 0 Å². The van der Waals surface area contributed by atoms with Gasteiger partial charge >= 0.3 is 6.03 Å². The van der Waals surface area contributed by atoms with E-state index in [1.54, 1.807) is 23.1 Å². The monoisotopic (exact) mass is 307 g/mol. The van der Waals surface area contributed by atoms with Crippen molar-refractivity contribution < 1.29 is 4.79 Å². The average molecular weight is 307 g/mol. The maximum atomic E-state index is 12.1. The molecule has 0 saturated heterocycles. The molecule has 0 aliphatic rings. The van der Waals surface area contributed by atoms with Crippen molar-refractivity contribution in [1.29, 1.82) is 0 Å². The first kappa shape index (κ1) is 14.8. The smallest absolute Gasteiger partial charge is 0.320 e. The molecule has 3 aromatic rings. The first-order valence-corrected chi connectivity index (χ1v) is 7.29. The summed E-state index contributed by atoms with van der Waals surface area (Å²) < 4.78 is 1.70. The molecule has 116 valence electrons. The highest BCUT2D eigenvalue weighted by Gasteiger charge is 2.10. The molecule has 0 saturated carbocycles. The number of hydrogen-bond donors (Lipinski definition) is 2. The van der Waals surface area contributed by atoms with Gasteiger partial charge in [0.1, 0.15) is 5.82 Å². The summed E-state index contributed by atoms with van der Waals surface area (Å²) in [5.41, 5.74) is 2.81. The summed E-state index contributed by atoms with van der Waals surface area (Å²) in [6, 6.07) is 14.9. The van der Waals surface area contributed by atoms with E-state index in [2.05, 4.69) is 20.7 Å². The van der Waals surface area contributed by atoms with Crippen molar-refractivity contribution in [3.8, 4) is 5.69 Å². The minimum Gasteiger partial charge on any atom is -0.332 e. The fourth-order valence-corrected chi connectivity index (χ4v) is 2.23. The van der Waals surface area contributed by atoms with Gasteiger partial charge in [-0.15, -0.1) is 0 Å². The van der Waals surface area contributed by atoms with Crippen LogP contribution in [0, 0.1) is 6.92 Å². The molecule has 2 N–H and O–H groups in total. The van der Waals surface area contributed by atoms with Gasteiger partial charge in [0.2, 0.25) is 0 Å². The van der Waals surface area contributed by atoms with Crippen molar-refractivity contribution in [2.45, 2.75) is 13.5 Å². The Morgan fingerprint density at radius 1 is 1.09 bits per heavy atom. The number of aryl methyl sites for hydroxylation is 1. The van der Waals surface area contributed by atoms with Crippen LogP contribution in [0.3, 0.4) is 0 Å². The topological polar surface area (TPSA) is 71.8 Å². The lowest BCUT2D eigenvalue weighted by Crippen LogP contribution is -2.29. The van der Waals surface area contributed by atoms with Crippen LogP contribution < -0.4 is 10.6 Å². The molecule has 3 rings (SSSR count). The van der Waals surface area contributed by atoms with Crippen LogP contribution in [-0.4, -0.2) is 20.8 Å². The number of para-hydroxylation sites is 1. The highest BCUT2D eigenvalue weighted by atomic mass is 16.2. The summed E-state index contributed by atoms with van der Waals surface area (Å²) in [4.78, 5) is 16.2. The quantitative estimate of drug-likeness (QED) is 0.778. The van der Waals surface area contributed by atoms with E-state index in [0.717, 1.165) is 16.9 Å². The van der Waals surface area contributed by atoms with E-state index in [0.29, 0.717) is 12.4 Å². The third-order valence-corrected chi connectivity index (χ3v) is 3.38. The van der Waals surface area contributed by atoms with E-state index in [-0.39, 0.29) is 6.03 Å². The molecule has 23 heavy (non-hydrogen) atoms. The van der Waals surface area contributed by atoms with Gasteiger partial charge in [-0.05, 0) is 30.7 Å². The summed E-state index contributed by atoms with van der Waals surface area (Å²) >= 11 is 0. The largest absolute Gasteiger partial charge is 0.332 e. The highest BCUT2D eigenvalue weighted by Crippen LogP contribution is 2.17. The van der Waals surface area contributed by atoms with E-state index in [1.165, 1.54) is 0 Å². The van der Waals surface area contributed by atoms with Crippen LogP contribution in [0.5, 0.6) is 0 Å². The Kier molecular flexibility index (Phi) is 4.33. The third kappa shape index (κ3) is 3.55. The predicted molar refractivity (Wildman–Crippen MR) is 88.4 cm³/mol. The van der Waals surface area contributed by atoms with Crippen molar-refractivity contribution in [1.82, 2.24) is 20.1 Å². The summed E-state index contributed by atoms with van der Waals surface area (Å²) in [5, 5.41) is 9.87. The van der Waals surface area contributed by atoms with Gasteiger partial charge in [-0.3, -0.25) is 10.3 Å². The van der Waals surface area contributed by atoms with Crippen LogP contribution in [-0.2, 0) is 6.54 Å². The molecule has 2 aromatic heterocycles. The zero-order valence-corrected chi connectivity index (χ0v) is 12.7. The number of nitrogens with one attached hydrogen (secondary N) is 2. The second-order valence-electron chi connectivity index (χ2n) is 5.04. The van der Waals surface area contributed by atoms with Gasteiger partial charge in [0.25, 0.3) is 0 Å². The molecule has 2 heterocycles. The zero-order valence-electron chi connectivity index (χ0n) is 12.7. The molecule has 0 radical (unpaired) electrons. The number of pyridine rings is 1. The predicted octanol–water partition coefficient (Wildman–Crippen LogP) is 2.90. The molecule has 1 aromatic carbocycles. The molecular weight excluding hydrogens is 290 g/mol. The molecule has 2 amide bonds. The Labute approximate surface area is 134 Å². The molecule has 0 aliphatic heterocycles. The Bertz CT molecular complexity index is 798. The van der Waals surface area contributed by atoms with Gasteiger partial charge in [0.15, 0.2) is 0 Å². The lowest BCUT2D eigenvalue weighted by molar-refractivity contribution is 0.251. The lowest BCUT2D eigenvalue weighted by Gasteiger charge is -2.11. The molecule has 0 spiro atoms. The highest BCUT2D eigenvalue weighted by molar-refractivity contribution is 5.88. The van der Waals surface area contributed by atoms with E-state index in [1.807, 2.05) is 49.4 Å². The molecule has 6 nitrogen and oxygen atoms in total. The number of benzene rings is 1. The third-order valence-electron chi connectivity index (χ3n) is 3.38. The zero-order chi connectivity index (χ0) is 16.1. The van der Waals surface area contributed by atoms with Crippen LogP contribution in [0.1, 0.15) is 11.3 Å². The van der Waals surface area contributed by atoms with Crippen LogP contribution in [0.4, 0.5) is 10.6 Å². The van der Waals surface area contributed by atoms with E-state index in [9.17, 15) is 4.79 Å². The van der Waals surface area contributed by atoms with Crippen LogP contribution in [0.25, 0.3) is 5.69 Å². The first-order chi connectivity index (χ1) is 11.2. The number of aromatic nitrogens is 3. The fourth-order valence-electron chi connectivity index (χ4n) is 2.23. The Balaban J connectivity index is 1.68. The van der Waals surface area contributed by atoms with Gasteiger partial charge in [0.05, 0.1) is 24.1 Å². The minimum absolute atomic E-state index is 0.300. The van der Waals surface area contributed by atoms with Gasteiger partial charge in [-0.1, -0.05) is 24.3 Å². The van der Waals surface area contributed by atoms with E-state index < -0.39 is 0 Å². The van der Waals surface area contributed by atoms with Gasteiger partial charge in [0, 0.05) is 12.3 Å². The van der Waals surface area contributed by atoms with Gasteiger partial charge in [-0.25, -0.2) is 9.48 Å². The Morgan fingerprint density at radius 2 is 1.91 bits per heavy atom. The minimum atomic E-state index is -0.300. The Hall–Kier alpha value is -3.15. The second-order valence-corrected chi connectivity index (χ2v) is 5.04. The number of amides is 2. The first-order valence-electron chi connectivity index (χ1n) is 7.29. The number of rotatable bonds is 4. The number of nitrogens with zero attached hydrogens (tertiary/aromatic N) is 3. The summed E-state index contributed by atoms with van der Waals surface area (Å²) in [5.74, 6) is 0.609. The van der Waals surface area contributed by atoms with Gasteiger partial charge < -0.3 is 5.32 Å². The van der Waals surface area contributed by atoms with Crippen LogP contribution in [0.15, 0.2) is 60.9 Å².